The smallest absolute Gasteiger partial charge is 0.319 e. The Morgan fingerprint density at radius 1 is 1.15 bits per heavy atom. The summed E-state index contributed by atoms with van der Waals surface area (Å²) in [6.45, 7) is 5.98. The maximum absolute atomic E-state index is 13.0. The molecule has 2 bridgehead atoms. The van der Waals surface area contributed by atoms with E-state index in [1.807, 2.05) is 0 Å². The van der Waals surface area contributed by atoms with E-state index in [0.717, 1.165) is 32.1 Å². The third-order valence-electron chi connectivity index (χ3n) is 8.30. The van der Waals surface area contributed by atoms with Crippen molar-refractivity contribution >= 4 is 17.7 Å². The van der Waals surface area contributed by atoms with Gasteiger partial charge in [0.05, 0.1) is 20.1 Å². The van der Waals surface area contributed by atoms with Crippen LogP contribution < -0.4 is 0 Å². The lowest BCUT2D eigenvalue weighted by molar-refractivity contribution is -0.170. The lowest BCUT2D eigenvalue weighted by Gasteiger charge is -2.42. The Bertz CT molecular complexity index is 687. The van der Waals surface area contributed by atoms with E-state index in [1.54, 1.807) is 6.92 Å². The van der Waals surface area contributed by atoms with Crippen LogP contribution in [0.3, 0.4) is 0 Å². The molecule has 5 heteroatoms. The number of esters is 2. The molecule has 142 valence electrons. The number of hydrogen-bond donors (Lipinski definition) is 0. The quantitative estimate of drug-likeness (QED) is 0.430. The zero-order chi connectivity index (χ0) is 18.9. The van der Waals surface area contributed by atoms with Crippen molar-refractivity contribution in [2.24, 2.45) is 40.4 Å². The fraction of sp³-hybridized carbons (Fsp3) is 0.762. The van der Waals surface area contributed by atoms with Crippen LogP contribution in [0.5, 0.6) is 0 Å². The molecular weight excluding hydrogens is 332 g/mol. The van der Waals surface area contributed by atoms with Crippen LogP contribution in [0.25, 0.3) is 0 Å². The molecule has 0 aromatic carbocycles. The zero-order valence-electron chi connectivity index (χ0n) is 15.9. The topological polar surface area (TPSA) is 69.7 Å². The number of allylic oxidation sites excluding steroid dienone is 1. The Balaban J connectivity index is 1.89. The molecule has 0 aromatic rings. The lowest BCUT2D eigenvalue weighted by atomic mass is 9.59. The predicted octanol–water partition coefficient (Wildman–Crippen LogP) is 2.93. The normalized spacial score (nSPS) is 46.5. The summed E-state index contributed by atoms with van der Waals surface area (Å²) in [5.74, 6) is -0.646. The van der Waals surface area contributed by atoms with Gasteiger partial charge in [0.2, 0.25) is 0 Å². The molecule has 26 heavy (non-hydrogen) atoms. The third-order valence-corrected chi connectivity index (χ3v) is 8.30. The molecule has 5 nitrogen and oxygen atoms in total. The number of fused-ring (bicyclic) bond motifs is 3. The van der Waals surface area contributed by atoms with Gasteiger partial charge in [-0.25, -0.2) is 0 Å². The summed E-state index contributed by atoms with van der Waals surface area (Å²) < 4.78 is 10.3. The second-order valence-electron chi connectivity index (χ2n) is 9.00. The van der Waals surface area contributed by atoms with Crippen LogP contribution >= 0.6 is 0 Å². The van der Waals surface area contributed by atoms with E-state index in [1.165, 1.54) is 19.8 Å². The van der Waals surface area contributed by atoms with Crippen molar-refractivity contribution in [3.8, 4) is 0 Å². The highest BCUT2D eigenvalue weighted by molar-refractivity contribution is 6.05. The number of Topliss-reactive ketones (excluding diaryl/α,β-unsaturated/α-hetero) is 1. The van der Waals surface area contributed by atoms with Crippen molar-refractivity contribution < 1.29 is 23.9 Å². The Morgan fingerprint density at radius 3 is 2.54 bits per heavy atom. The van der Waals surface area contributed by atoms with Crippen LogP contribution in [0.15, 0.2) is 12.2 Å². The maximum Gasteiger partial charge on any atom is 0.319 e. The Labute approximate surface area is 154 Å². The fourth-order valence-corrected chi connectivity index (χ4v) is 7.32. The Kier molecular flexibility index (Phi) is 3.87. The first kappa shape index (κ1) is 17.7. The number of hydrogen-bond acceptors (Lipinski definition) is 5. The van der Waals surface area contributed by atoms with Gasteiger partial charge in [0.15, 0.2) is 0 Å². The third kappa shape index (κ3) is 1.95. The highest BCUT2D eigenvalue weighted by atomic mass is 16.5. The van der Waals surface area contributed by atoms with E-state index >= 15 is 0 Å². The Morgan fingerprint density at radius 2 is 1.88 bits per heavy atom. The molecule has 0 radical (unpaired) electrons. The minimum absolute atomic E-state index is 0.0945. The van der Waals surface area contributed by atoms with Gasteiger partial charge in [-0.3, -0.25) is 14.4 Å². The molecule has 4 rings (SSSR count). The van der Waals surface area contributed by atoms with E-state index in [9.17, 15) is 14.4 Å². The molecule has 0 N–H and O–H groups in total. The van der Waals surface area contributed by atoms with E-state index in [0.29, 0.717) is 18.3 Å². The number of rotatable bonds is 2. The van der Waals surface area contributed by atoms with Crippen LogP contribution in [0.2, 0.25) is 0 Å². The van der Waals surface area contributed by atoms with Crippen molar-refractivity contribution in [3.05, 3.63) is 12.2 Å². The van der Waals surface area contributed by atoms with Crippen molar-refractivity contribution in [3.63, 3.8) is 0 Å². The van der Waals surface area contributed by atoms with Crippen LogP contribution in [-0.2, 0) is 23.9 Å². The molecule has 0 saturated heterocycles. The minimum Gasteiger partial charge on any atom is -0.469 e. The van der Waals surface area contributed by atoms with Gasteiger partial charge in [0.25, 0.3) is 0 Å². The molecular formula is C21H28O5. The molecule has 4 aliphatic rings. The van der Waals surface area contributed by atoms with Gasteiger partial charge in [0, 0.05) is 6.42 Å². The molecule has 7 atom stereocenters. The first-order chi connectivity index (χ1) is 12.3. The number of carbonyl (C=O) groups excluding carboxylic acids is 3. The highest BCUT2D eigenvalue weighted by Crippen LogP contribution is 2.73. The van der Waals surface area contributed by atoms with Gasteiger partial charge in [0.1, 0.15) is 11.2 Å². The van der Waals surface area contributed by atoms with Gasteiger partial charge < -0.3 is 9.47 Å². The van der Waals surface area contributed by atoms with E-state index in [4.69, 9.17) is 9.47 Å². The molecule has 4 fully saturated rings. The summed E-state index contributed by atoms with van der Waals surface area (Å²) in [6, 6.07) is 0. The average molecular weight is 360 g/mol. The van der Waals surface area contributed by atoms with Gasteiger partial charge in [-0.1, -0.05) is 12.2 Å². The second kappa shape index (κ2) is 5.67. The van der Waals surface area contributed by atoms with Crippen molar-refractivity contribution in [2.45, 2.75) is 45.4 Å². The Hall–Kier alpha value is -1.65. The van der Waals surface area contributed by atoms with Crippen LogP contribution in [0.1, 0.15) is 45.4 Å². The average Bonchev–Trinajstić information content (AvgIpc) is 3.07. The van der Waals surface area contributed by atoms with Gasteiger partial charge in [-0.05, 0) is 68.1 Å². The van der Waals surface area contributed by atoms with Crippen LogP contribution in [-0.4, -0.2) is 31.9 Å². The number of ketones is 1. The van der Waals surface area contributed by atoms with E-state index in [2.05, 4.69) is 6.58 Å². The van der Waals surface area contributed by atoms with Gasteiger partial charge in [-0.15, -0.1) is 0 Å². The van der Waals surface area contributed by atoms with Crippen LogP contribution in [0.4, 0.5) is 0 Å². The summed E-state index contributed by atoms with van der Waals surface area (Å²) in [5, 5.41) is 0. The molecule has 0 heterocycles. The molecule has 0 amide bonds. The summed E-state index contributed by atoms with van der Waals surface area (Å²) >= 11 is 0. The molecule has 4 aliphatic carbocycles. The predicted molar refractivity (Wildman–Crippen MR) is 93.9 cm³/mol. The largest absolute Gasteiger partial charge is 0.469 e. The molecule has 1 spiro atoms. The number of ether oxygens (including phenoxy) is 2. The molecule has 2 unspecified atom stereocenters. The summed E-state index contributed by atoms with van der Waals surface area (Å²) in [4.78, 5) is 38.7. The molecule has 0 aliphatic heterocycles. The van der Waals surface area contributed by atoms with Crippen molar-refractivity contribution in [1.29, 1.82) is 0 Å². The SMILES string of the molecule is C=C1C[C@]23C[C@H]1CCC2[C@H]1CCC(=O)[C@@](C)(C(=O)OC)C1[C@@H]3C(=O)OC. The summed E-state index contributed by atoms with van der Waals surface area (Å²) in [7, 11) is 2.73. The van der Waals surface area contributed by atoms with Crippen molar-refractivity contribution in [1.82, 2.24) is 0 Å². The summed E-state index contributed by atoms with van der Waals surface area (Å²) in [5.41, 5.74) is -0.240. The first-order valence-corrected chi connectivity index (χ1v) is 9.68. The summed E-state index contributed by atoms with van der Waals surface area (Å²) in [6.07, 6.45) is 5.05. The maximum atomic E-state index is 13.0. The second-order valence-corrected chi connectivity index (χ2v) is 9.00. The van der Waals surface area contributed by atoms with Crippen LogP contribution in [0, 0.1) is 40.4 Å². The number of carbonyl (C=O) groups is 3. The zero-order valence-corrected chi connectivity index (χ0v) is 15.9. The van der Waals surface area contributed by atoms with Gasteiger partial charge >= 0.3 is 11.9 Å². The van der Waals surface area contributed by atoms with Crippen molar-refractivity contribution in [2.75, 3.05) is 14.2 Å². The lowest BCUT2D eigenvalue weighted by Crippen LogP contribution is -2.52. The van der Waals surface area contributed by atoms with E-state index < -0.39 is 17.3 Å². The standard InChI is InChI=1S/C21H28O5/c1-11-9-21-10-12(11)5-7-14(21)13-6-8-15(22)20(2,19(24)26-4)16(13)17(21)18(23)25-3/h12-14,16-17H,1,5-10H2,2-4H3/t12-,13-,14?,16?,17-,20-,21+/m1/s1. The van der Waals surface area contributed by atoms with E-state index in [-0.39, 0.29) is 29.0 Å². The molecule has 4 saturated carbocycles. The number of methoxy groups -OCH3 is 2. The minimum atomic E-state index is -1.26. The molecule has 0 aromatic heterocycles. The highest BCUT2D eigenvalue weighted by Gasteiger charge is 2.73. The first-order valence-electron chi connectivity index (χ1n) is 9.68. The monoisotopic (exact) mass is 360 g/mol. The fourth-order valence-electron chi connectivity index (χ4n) is 7.32. The van der Waals surface area contributed by atoms with Gasteiger partial charge in [-0.2, -0.15) is 0 Å².